The van der Waals surface area contributed by atoms with Crippen molar-refractivity contribution in [3.8, 4) is 0 Å². The first-order valence-corrected chi connectivity index (χ1v) is 6.33. The number of thiazole rings is 1. The zero-order valence-corrected chi connectivity index (χ0v) is 11.0. The number of nitrogens with one attached hydrogen (secondary N) is 1. The van der Waals surface area contributed by atoms with Gasteiger partial charge in [0.15, 0.2) is 5.13 Å². The fourth-order valence-electron chi connectivity index (χ4n) is 1.61. The van der Waals surface area contributed by atoms with Crippen LogP contribution >= 0.6 is 11.3 Å². The zero-order chi connectivity index (χ0) is 13.1. The summed E-state index contributed by atoms with van der Waals surface area (Å²) < 4.78 is 0. The minimum Gasteiger partial charge on any atom is -0.375 e. The Morgan fingerprint density at radius 3 is 2.89 bits per heavy atom. The molecule has 0 aliphatic rings. The van der Waals surface area contributed by atoms with Crippen LogP contribution in [0.3, 0.4) is 0 Å². The molecule has 18 heavy (non-hydrogen) atoms. The van der Waals surface area contributed by atoms with Gasteiger partial charge in [-0.15, -0.1) is 0 Å². The predicted octanol–water partition coefficient (Wildman–Crippen LogP) is 1.92. The van der Waals surface area contributed by atoms with Crippen molar-refractivity contribution in [3.63, 3.8) is 0 Å². The molecule has 0 spiro atoms. The second-order valence-electron chi connectivity index (χ2n) is 3.95. The Kier molecular flexibility index (Phi) is 3.57. The van der Waals surface area contributed by atoms with E-state index in [0.29, 0.717) is 15.7 Å². The summed E-state index contributed by atoms with van der Waals surface area (Å²) in [6.45, 7) is 3.69. The average molecular weight is 262 g/mol. The number of nitrogens with zero attached hydrogens (tertiary/aromatic N) is 2. The third-order valence-corrected chi connectivity index (χ3v) is 3.54. The van der Waals surface area contributed by atoms with Crippen LogP contribution in [0.4, 0.5) is 5.13 Å². The molecule has 0 saturated carbocycles. The van der Waals surface area contributed by atoms with Gasteiger partial charge in [0.05, 0.1) is 11.7 Å². The Bertz CT molecular complexity index is 552. The molecule has 1 amide bonds. The van der Waals surface area contributed by atoms with Gasteiger partial charge < -0.3 is 11.1 Å². The molecule has 1 atom stereocenters. The molecule has 2 rings (SSSR count). The van der Waals surface area contributed by atoms with Crippen LogP contribution in [0.1, 0.15) is 33.9 Å². The third-order valence-electron chi connectivity index (χ3n) is 2.55. The number of anilines is 1. The number of pyridine rings is 1. The molecule has 2 heterocycles. The molecule has 2 aromatic rings. The highest BCUT2D eigenvalue weighted by atomic mass is 32.1. The molecule has 94 valence electrons. The summed E-state index contributed by atoms with van der Waals surface area (Å²) >= 11 is 1.20. The number of aryl methyl sites for hydroxylation is 1. The normalized spacial score (nSPS) is 12.1. The van der Waals surface area contributed by atoms with Crippen LogP contribution < -0.4 is 11.1 Å². The fourth-order valence-corrected chi connectivity index (χ4v) is 2.34. The Labute approximate surface area is 109 Å². The van der Waals surface area contributed by atoms with Crippen LogP contribution in [-0.4, -0.2) is 15.9 Å². The summed E-state index contributed by atoms with van der Waals surface area (Å²) in [5.74, 6) is -0.155. The van der Waals surface area contributed by atoms with E-state index in [9.17, 15) is 4.79 Å². The molecule has 2 aromatic heterocycles. The number of rotatable bonds is 3. The van der Waals surface area contributed by atoms with Crippen LogP contribution in [0, 0.1) is 6.92 Å². The largest absolute Gasteiger partial charge is 0.375 e. The van der Waals surface area contributed by atoms with Gasteiger partial charge in [0.25, 0.3) is 5.91 Å². The summed E-state index contributed by atoms with van der Waals surface area (Å²) in [6, 6.07) is 3.66. The molecule has 0 unspecified atom stereocenters. The van der Waals surface area contributed by atoms with Crippen LogP contribution in [0.2, 0.25) is 0 Å². The minimum atomic E-state index is -0.155. The smallest absolute Gasteiger partial charge is 0.263 e. The molecular formula is C12H14N4OS. The van der Waals surface area contributed by atoms with Crippen LogP contribution in [-0.2, 0) is 0 Å². The van der Waals surface area contributed by atoms with Crippen molar-refractivity contribution in [3.05, 3.63) is 40.7 Å². The topological polar surface area (TPSA) is 80.9 Å². The maximum absolute atomic E-state index is 12.0. The lowest BCUT2D eigenvalue weighted by molar-refractivity contribution is 0.0943. The first-order valence-electron chi connectivity index (χ1n) is 5.51. The van der Waals surface area contributed by atoms with Gasteiger partial charge in [-0.25, -0.2) is 4.98 Å². The number of carbonyl (C=O) groups is 1. The van der Waals surface area contributed by atoms with Gasteiger partial charge >= 0.3 is 0 Å². The standard InChI is InChI=1S/C12H14N4OS/c1-7(9-4-3-5-14-6-9)15-11(17)10-8(2)16-12(13)18-10/h3-7H,1-2H3,(H2,13,16)(H,15,17)/t7-/m1/s1. The van der Waals surface area contributed by atoms with E-state index in [1.54, 1.807) is 19.3 Å². The van der Waals surface area contributed by atoms with E-state index in [-0.39, 0.29) is 11.9 Å². The minimum absolute atomic E-state index is 0.103. The highest BCUT2D eigenvalue weighted by Crippen LogP contribution is 2.20. The molecule has 0 aliphatic heterocycles. The summed E-state index contributed by atoms with van der Waals surface area (Å²) in [5, 5.41) is 3.31. The molecule has 0 saturated heterocycles. The van der Waals surface area contributed by atoms with Gasteiger partial charge in [-0.3, -0.25) is 9.78 Å². The molecule has 0 radical (unpaired) electrons. The molecule has 0 bridgehead atoms. The molecule has 5 nitrogen and oxygen atoms in total. The Hall–Kier alpha value is -1.95. The fraction of sp³-hybridized carbons (Fsp3) is 0.250. The highest BCUT2D eigenvalue weighted by Gasteiger charge is 2.16. The number of hydrogen-bond acceptors (Lipinski definition) is 5. The summed E-state index contributed by atoms with van der Waals surface area (Å²) in [5.41, 5.74) is 7.20. The molecule has 3 N–H and O–H groups in total. The molecule has 0 aliphatic carbocycles. The number of amides is 1. The van der Waals surface area contributed by atoms with Gasteiger partial charge in [-0.2, -0.15) is 0 Å². The van der Waals surface area contributed by atoms with Crippen molar-refractivity contribution >= 4 is 22.4 Å². The lowest BCUT2D eigenvalue weighted by Crippen LogP contribution is -2.26. The van der Waals surface area contributed by atoms with Crippen molar-refractivity contribution in [2.24, 2.45) is 0 Å². The average Bonchev–Trinajstić information content (AvgIpc) is 2.69. The van der Waals surface area contributed by atoms with Crippen molar-refractivity contribution in [1.82, 2.24) is 15.3 Å². The van der Waals surface area contributed by atoms with Crippen molar-refractivity contribution < 1.29 is 4.79 Å². The van der Waals surface area contributed by atoms with Gasteiger partial charge in [0, 0.05) is 12.4 Å². The lowest BCUT2D eigenvalue weighted by Gasteiger charge is -2.13. The molecule has 6 heteroatoms. The van der Waals surface area contributed by atoms with Crippen molar-refractivity contribution in [1.29, 1.82) is 0 Å². The quantitative estimate of drug-likeness (QED) is 0.885. The van der Waals surface area contributed by atoms with Crippen LogP contribution in [0.25, 0.3) is 0 Å². The maximum Gasteiger partial charge on any atom is 0.263 e. The summed E-state index contributed by atoms with van der Waals surface area (Å²) in [4.78, 5) is 20.7. The van der Waals surface area contributed by atoms with E-state index < -0.39 is 0 Å². The van der Waals surface area contributed by atoms with Crippen LogP contribution in [0.5, 0.6) is 0 Å². The van der Waals surface area contributed by atoms with Gasteiger partial charge in [0.2, 0.25) is 0 Å². The molecular weight excluding hydrogens is 248 g/mol. The van der Waals surface area contributed by atoms with Crippen LogP contribution in [0.15, 0.2) is 24.5 Å². The zero-order valence-electron chi connectivity index (χ0n) is 10.2. The number of nitrogen functional groups attached to an aromatic ring is 1. The summed E-state index contributed by atoms with van der Waals surface area (Å²) in [6.07, 6.45) is 3.44. The second kappa shape index (κ2) is 5.14. The highest BCUT2D eigenvalue weighted by molar-refractivity contribution is 7.17. The van der Waals surface area contributed by atoms with E-state index in [1.165, 1.54) is 11.3 Å². The second-order valence-corrected chi connectivity index (χ2v) is 4.98. The Balaban J connectivity index is 2.10. The first kappa shape index (κ1) is 12.5. The number of aromatic nitrogens is 2. The van der Waals surface area contributed by atoms with E-state index in [2.05, 4.69) is 15.3 Å². The van der Waals surface area contributed by atoms with Crippen molar-refractivity contribution in [2.45, 2.75) is 19.9 Å². The van der Waals surface area contributed by atoms with E-state index >= 15 is 0 Å². The monoisotopic (exact) mass is 262 g/mol. The Morgan fingerprint density at radius 2 is 2.33 bits per heavy atom. The maximum atomic E-state index is 12.0. The van der Waals surface area contributed by atoms with E-state index in [4.69, 9.17) is 5.73 Å². The number of nitrogens with two attached hydrogens (primary N) is 1. The van der Waals surface area contributed by atoms with Gasteiger partial charge in [-0.05, 0) is 25.5 Å². The Morgan fingerprint density at radius 1 is 1.56 bits per heavy atom. The SMILES string of the molecule is Cc1nc(N)sc1C(=O)N[C@H](C)c1cccnc1. The number of carbonyl (C=O) groups excluding carboxylic acids is 1. The molecule has 0 fully saturated rings. The van der Waals surface area contributed by atoms with Gasteiger partial charge in [-0.1, -0.05) is 17.4 Å². The van der Waals surface area contributed by atoms with E-state index in [1.807, 2.05) is 19.1 Å². The first-order chi connectivity index (χ1) is 8.58. The predicted molar refractivity (Wildman–Crippen MR) is 71.4 cm³/mol. The third kappa shape index (κ3) is 2.65. The summed E-state index contributed by atoms with van der Waals surface area (Å²) in [7, 11) is 0. The van der Waals surface area contributed by atoms with Gasteiger partial charge in [0.1, 0.15) is 4.88 Å². The van der Waals surface area contributed by atoms with E-state index in [0.717, 1.165) is 5.56 Å². The molecule has 0 aromatic carbocycles. The number of hydrogen-bond donors (Lipinski definition) is 2. The lowest BCUT2D eigenvalue weighted by atomic mass is 10.1. The van der Waals surface area contributed by atoms with Crippen molar-refractivity contribution in [2.75, 3.05) is 5.73 Å².